The summed E-state index contributed by atoms with van der Waals surface area (Å²) in [6.07, 6.45) is 2.27. The third-order valence-electron chi connectivity index (χ3n) is 1.33. The summed E-state index contributed by atoms with van der Waals surface area (Å²) in [7, 11) is 0. The summed E-state index contributed by atoms with van der Waals surface area (Å²) in [5, 5.41) is 0. The molecule has 0 saturated heterocycles. The monoisotopic (exact) mass is 146 g/mol. The summed E-state index contributed by atoms with van der Waals surface area (Å²) in [5.41, 5.74) is 1.26. The molecule has 0 aliphatic carbocycles. The Balaban J connectivity index is 3.73. The summed E-state index contributed by atoms with van der Waals surface area (Å²) >= 11 is 5.20. The van der Waals surface area contributed by atoms with Crippen molar-refractivity contribution in [2.45, 2.75) is 20.3 Å². The number of rotatable bonds is 3. The summed E-state index contributed by atoms with van der Waals surface area (Å²) in [4.78, 5) is 10.8. The maximum Gasteiger partial charge on any atom is 0.159 e. The number of halogens is 1. The van der Waals surface area contributed by atoms with Gasteiger partial charge in [0.05, 0.1) is 0 Å². The standard InChI is InChI=1S/C7H11ClO/c1-3-6(2)7(9)4-5-8/h4-6H,3H2,1-2H3/b5-4+/t6-/m0/s1. The van der Waals surface area contributed by atoms with Gasteiger partial charge in [0.2, 0.25) is 0 Å². The van der Waals surface area contributed by atoms with Crippen LogP contribution in [0, 0.1) is 5.92 Å². The molecule has 0 spiro atoms. The molecule has 0 N–H and O–H groups in total. The molecule has 0 radical (unpaired) electrons. The lowest BCUT2D eigenvalue weighted by Gasteiger charge is -1.99. The van der Waals surface area contributed by atoms with Gasteiger partial charge in [-0.2, -0.15) is 0 Å². The molecule has 0 saturated carbocycles. The van der Waals surface area contributed by atoms with Gasteiger partial charge in [-0.1, -0.05) is 25.4 Å². The molecule has 52 valence electrons. The van der Waals surface area contributed by atoms with E-state index in [1.807, 2.05) is 13.8 Å². The fourth-order valence-electron chi connectivity index (χ4n) is 0.428. The Morgan fingerprint density at radius 3 is 2.67 bits per heavy atom. The maximum absolute atomic E-state index is 10.8. The smallest absolute Gasteiger partial charge is 0.159 e. The van der Waals surface area contributed by atoms with Crippen molar-refractivity contribution in [1.29, 1.82) is 0 Å². The van der Waals surface area contributed by atoms with Gasteiger partial charge in [-0.25, -0.2) is 0 Å². The highest BCUT2D eigenvalue weighted by Crippen LogP contribution is 2.02. The van der Waals surface area contributed by atoms with E-state index in [-0.39, 0.29) is 11.7 Å². The van der Waals surface area contributed by atoms with Gasteiger partial charge >= 0.3 is 0 Å². The molecule has 0 unspecified atom stereocenters. The molecule has 0 aromatic carbocycles. The van der Waals surface area contributed by atoms with Crippen molar-refractivity contribution in [3.8, 4) is 0 Å². The van der Waals surface area contributed by atoms with E-state index in [1.165, 1.54) is 11.6 Å². The van der Waals surface area contributed by atoms with Crippen molar-refractivity contribution in [2.24, 2.45) is 5.92 Å². The molecule has 2 heteroatoms. The maximum atomic E-state index is 10.8. The molecular weight excluding hydrogens is 136 g/mol. The number of allylic oxidation sites excluding steroid dienone is 1. The second-order valence-corrected chi connectivity index (χ2v) is 2.26. The Kier molecular flexibility index (Phi) is 4.41. The second kappa shape index (κ2) is 4.57. The first-order valence-electron chi connectivity index (χ1n) is 3.03. The molecule has 0 heterocycles. The number of ketones is 1. The van der Waals surface area contributed by atoms with Gasteiger partial charge in [0.1, 0.15) is 0 Å². The zero-order valence-corrected chi connectivity index (χ0v) is 6.48. The summed E-state index contributed by atoms with van der Waals surface area (Å²) in [5.74, 6) is 0.215. The van der Waals surface area contributed by atoms with E-state index in [1.54, 1.807) is 0 Å². The molecule has 0 amide bonds. The van der Waals surface area contributed by atoms with Crippen molar-refractivity contribution in [3.05, 3.63) is 11.6 Å². The molecular formula is C7H11ClO. The largest absolute Gasteiger partial charge is 0.295 e. The zero-order chi connectivity index (χ0) is 7.28. The van der Waals surface area contributed by atoms with Gasteiger partial charge in [-0.05, 0) is 12.5 Å². The molecule has 9 heavy (non-hydrogen) atoms. The van der Waals surface area contributed by atoms with Crippen LogP contribution in [0.15, 0.2) is 11.6 Å². The van der Waals surface area contributed by atoms with Crippen LogP contribution in [0.3, 0.4) is 0 Å². The van der Waals surface area contributed by atoms with Crippen molar-refractivity contribution in [3.63, 3.8) is 0 Å². The first kappa shape index (κ1) is 8.70. The fourth-order valence-corrected chi connectivity index (χ4v) is 0.552. The molecule has 0 bridgehead atoms. The fraction of sp³-hybridized carbons (Fsp3) is 0.571. The lowest BCUT2D eigenvalue weighted by Crippen LogP contribution is -2.05. The predicted molar refractivity (Wildman–Crippen MR) is 39.5 cm³/mol. The van der Waals surface area contributed by atoms with Gasteiger partial charge in [-0.15, -0.1) is 0 Å². The van der Waals surface area contributed by atoms with Gasteiger partial charge in [-0.3, -0.25) is 4.79 Å². The van der Waals surface area contributed by atoms with Gasteiger partial charge in [0, 0.05) is 11.5 Å². The second-order valence-electron chi connectivity index (χ2n) is 2.00. The Morgan fingerprint density at radius 2 is 2.33 bits per heavy atom. The summed E-state index contributed by atoms with van der Waals surface area (Å²) in [6.45, 7) is 3.86. The Labute approximate surface area is 60.7 Å². The van der Waals surface area contributed by atoms with E-state index in [4.69, 9.17) is 11.6 Å². The zero-order valence-electron chi connectivity index (χ0n) is 5.73. The lowest BCUT2D eigenvalue weighted by molar-refractivity contribution is -0.117. The number of hydrogen-bond acceptors (Lipinski definition) is 1. The van der Waals surface area contributed by atoms with E-state index in [9.17, 15) is 4.79 Å². The summed E-state index contributed by atoms with van der Waals surface area (Å²) < 4.78 is 0. The first-order valence-corrected chi connectivity index (χ1v) is 3.46. The van der Waals surface area contributed by atoms with E-state index >= 15 is 0 Å². The molecule has 0 rings (SSSR count). The van der Waals surface area contributed by atoms with E-state index < -0.39 is 0 Å². The Hall–Kier alpha value is -0.300. The van der Waals surface area contributed by atoms with Crippen LogP contribution in [0.1, 0.15) is 20.3 Å². The molecule has 0 aliphatic rings. The Morgan fingerprint density at radius 1 is 1.78 bits per heavy atom. The normalized spacial score (nSPS) is 14.1. The molecule has 0 aromatic rings. The van der Waals surface area contributed by atoms with Crippen molar-refractivity contribution >= 4 is 17.4 Å². The molecule has 1 nitrogen and oxygen atoms in total. The highest BCUT2D eigenvalue weighted by atomic mass is 35.5. The minimum absolute atomic E-state index is 0.104. The average molecular weight is 147 g/mol. The molecule has 0 fully saturated rings. The van der Waals surface area contributed by atoms with Crippen LogP contribution in [-0.4, -0.2) is 5.78 Å². The van der Waals surface area contributed by atoms with Crippen LogP contribution in [0.4, 0.5) is 0 Å². The third kappa shape index (κ3) is 3.31. The highest BCUT2D eigenvalue weighted by molar-refractivity contribution is 6.26. The van der Waals surface area contributed by atoms with Crippen LogP contribution in [0.25, 0.3) is 0 Å². The van der Waals surface area contributed by atoms with E-state index in [2.05, 4.69) is 0 Å². The molecule has 1 atom stereocenters. The molecule has 0 aliphatic heterocycles. The summed E-state index contributed by atoms with van der Waals surface area (Å²) in [6, 6.07) is 0. The van der Waals surface area contributed by atoms with Crippen LogP contribution in [0.2, 0.25) is 0 Å². The van der Waals surface area contributed by atoms with Crippen LogP contribution in [0.5, 0.6) is 0 Å². The topological polar surface area (TPSA) is 17.1 Å². The van der Waals surface area contributed by atoms with Crippen molar-refractivity contribution < 1.29 is 4.79 Å². The van der Waals surface area contributed by atoms with Crippen LogP contribution in [-0.2, 0) is 4.79 Å². The predicted octanol–water partition coefficient (Wildman–Crippen LogP) is 2.35. The number of carbonyl (C=O) groups excluding carboxylic acids is 1. The number of hydrogen-bond donors (Lipinski definition) is 0. The van der Waals surface area contributed by atoms with Crippen LogP contribution >= 0.6 is 11.6 Å². The van der Waals surface area contributed by atoms with Crippen molar-refractivity contribution in [2.75, 3.05) is 0 Å². The Bertz CT molecular complexity index is 118. The first-order chi connectivity index (χ1) is 4.22. The van der Waals surface area contributed by atoms with Gasteiger partial charge < -0.3 is 0 Å². The lowest BCUT2D eigenvalue weighted by atomic mass is 10.0. The average Bonchev–Trinajstić information content (AvgIpc) is 1.87. The number of carbonyl (C=O) groups is 1. The minimum Gasteiger partial charge on any atom is -0.295 e. The van der Waals surface area contributed by atoms with Gasteiger partial charge in [0.15, 0.2) is 5.78 Å². The SMILES string of the molecule is CC[C@H](C)C(=O)/C=C/Cl. The van der Waals surface area contributed by atoms with Gasteiger partial charge in [0.25, 0.3) is 0 Å². The highest BCUT2D eigenvalue weighted by Gasteiger charge is 2.04. The quantitative estimate of drug-likeness (QED) is 0.559. The minimum atomic E-state index is 0.104. The van der Waals surface area contributed by atoms with E-state index in [0.29, 0.717) is 0 Å². The van der Waals surface area contributed by atoms with E-state index in [0.717, 1.165) is 6.42 Å². The molecule has 0 aromatic heterocycles. The third-order valence-corrected chi connectivity index (χ3v) is 1.45. The van der Waals surface area contributed by atoms with Crippen LogP contribution < -0.4 is 0 Å². The van der Waals surface area contributed by atoms with Crippen molar-refractivity contribution in [1.82, 2.24) is 0 Å².